The fourth-order valence-electron chi connectivity index (χ4n) is 7.41. The van der Waals surface area contributed by atoms with E-state index in [0.29, 0.717) is 30.7 Å². The lowest BCUT2D eigenvalue weighted by molar-refractivity contribution is -0.153. The van der Waals surface area contributed by atoms with Crippen LogP contribution in [0.5, 0.6) is 5.75 Å². The lowest BCUT2D eigenvalue weighted by Crippen LogP contribution is -2.48. The van der Waals surface area contributed by atoms with Gasteiger partial charge in [-0.15, -0.1) is 6.58 Å². The third-order valence-corrected chi connectivity index (χ3v) is 12.7. The molecule has 1 aromatic rings. The Balaban J connectivity index is 1.41. The minimum atomic E-state index is -3.87. The largest absolute Gasteiger partial charge is 0.496 e. The number of esters is 1. The van der Waals surface area contributed by atoms with Gasteiger partial charge in [-0.2, -0.15) is 0 Å². The molecule has 2 saturated carbocycles. The predicted octanol–water partition coefficient (Wildman–Crippen LogP) is 5.08. The predicted molar refractivity (Wildman–Crippen MR) is 193 cm³/mol. The van der Waals surface area contributed by atoms with Gasteiger partial charge in [-0.1, -0.05) is 46.1 Å². The number of cyclic esters (lactones) is 1. The molecule has 5 rings (SSSR count). The maximum absolute atomic E-state index is 14.4. The molecule has 52 heavy (non-hydrogen) atoms. The highest BCUT2D eigenvalue weighted by atomic mass is 32.2. The summed E-state index contributed by atoms with van der Waals surface area (Å²) >= 11 is 0. The van der Waals surface area contributed by atoms with E-state index >= 15 is 0 Å². The van der Waals surface area contributed by atoms with Gasteiger partial charge >= 0.3 is 12.1 Å². The number of nitrogens with zero attached hydrogens (tertiary/aromatic N) is 1. The summed E-state index contributed by atoms with van der Waals surface area (Å²) in [5.41, 5.74) is -0.595. The molecule has 1 aromatic carbocycles. The number of rotatable bonds is 8. The Morgan fingerprint density at radius 1 is 1.12 bits per heavy atom. The maximum Gasteiger partial charge on any atom is 0.411 e. The van der Waals surface area contributed by atoms with Gasteiger partial charge in [0, 0.05) is 18.5 Å². The number of methoxy groups -OCH3 is 1. The molecule has 4 aliphatic rings. The molecule has 0 radical (unpaired) electrons. The summed E-state index contributed by atoms with van der Waals surface area (Å²) in [6.07, 6.45) is 5.61. The third kappa shape index (κ3) is 9.34. The van der Waals surface area contributed by atoms with Crippen molar-refractivity contribution in [2.75, 3.05) is 25.6 Å². The zero-order valence-corrected chi connectivity index (χ0v) is 31.6. The number of nitrogens with one attached hydrogen (secondary N) is 2. The number of sulfonamides is 1. The van der Waals surface area contributed by atoms with Crippen molar-refractivity contribution in [1.29, 1.82) is 0 Å². The van der Waals surface area contributed by atoms with Crippen LogP contribution in [0.4, 0.5) is 10.5 Å². The van der Waals surface area contributed by atoms with Crippen molar-refractivity contribution in [3.05, 3.63) is 36.4 Å². The van der Waals surface area contributed by atoms with Gasteiger partial charge < -0.3 is 19.1 Å². The molecule has 2 heterocycles. The molecule has 0 unspecified atom stereocenters. The first-order chi connectivity index (χ1) is 24.6. The Morgan fingerprint density at radius 3 is 2.48 bits per heavy atom. The van der Waals surface area contributed by atoms with E-state index in [4.69, 9.17) is 14.2 Å². The van der Waals surface area contributed by atoms with Crippen LogP contribution in [0.1, 0.15) is 97.0 Å². The highest BCUT2D eigenvalue weighted by Crippen LogP contribution is 2.57. The number of carbonyl (C=O) groups excluding carboxylic acids is 5. The number of ketones is 1. The minimum Gasteiger partial charge on any atom is -0.496 e. The van der Waals surface area contributed by atoms with Crippen molar-refractivity contribution < 1.29 is 46.6 Å². The first-order valence-corrected chi connectivity index (χ1v) is 19.9. The number of allylic oxidation sites excluding steroid dienone is 1. The molecule has 1 saturated heterocycles. The summed E-state index contributed by atoms with van der Waals surface area (Å²) in [5, 5.41) is 2.14. The van der Waals surface area contributed by atoms with Crippen LogP contribution in [0, 0.1) is 22.7 Å². The van der Waals surface area contributed by atoms with Gasteiger partial charge in [0.15, 0.2) is 5.78 Å². The smallest absolute Gasteiger partial charge is 0.411 e. The van der Waals surface area contributed by atoms with Crippen LogP contribution in [-0.4, -0.2) is 80.6 Å². The van der Waals surface area contributed by atoms with Crippen molar-refractivity contribution in [1.82, 2.24) is 9.62 Å². The van der Waals surface area contributed by atoms with E-state index < -0.39 is 79.7 Å². The van der Waals surface area contributed by atoms with Crippen LogP contribution in [0.2, 0.25) is 0 Å². The molecule has 0 aromatic heterocycles. The van der Waals surface area contributed by atoms with Crippen molar-refractivity contribution in [2.45, 2.75) is 115 Å². The molecule has 14 heteroatoms. The highest BCUT2D eigenvalue weighted by Gasteiger charge is 2.61. The maximum atomic E-state index is 14.4. The first kappa shape index (κ1) is 39.3. The Hall–Kier alpha value is -3.94. The number of Topliss-reactive ketones (excluding diaryl/α,β-unsaturated/α-hetero) is 1. The van der Waals surface area contributed by atoms with Crippen LogP contribution >= 0.6 is 0 Å². The number of benzene rings is 1. The minimum absolute atomic E-state index is 0.0377. The molecule has 286 valence electrons. The van der Waals surface area contributed by atoms with Crippen molar-refractivity contribution in [3.63, 3.8) is 0 Å². The Morgan fingerprint density at radius 2 is 1.83 bits per heavy atom. The van der Waals surface area contributed by atoms with Crippen LogP contribution in [-0.2, 0) is 45.1 Å². The number of amides is 3. The average molecular weight is 744 g/mol. The molecule has 2 N–H and O–H groups in total. The SMILES string of the molecule is C=C[C@@H]1C[C@]1(CC(=O)[C@@H]1C[C@@H]2CN1C(=O)[C@H](C(C)(C)C)CC(=O)OCCCCCCCc1cc(ccc1OC)NC(=O)O2)C(=O)NS(=O)(=O)C1CC1. The molecule has 5 atom stereocenters. The monoisotopic (exact) mass is 743 g/mol. The molecule has 3 fully saturated rings. The summed E-state index contributed by atoms with van der Waals surface area (Å²) in [6, 6.07) is 4.24. The normalized spacial score (nSPS) is 28.0. The zero-order valence-electron chi connectivity index (χ0n) is 30.7. The number of carbonyl (C=O) groups is 5. The Kier molecular flexibility index (Phi) is 12.1. The number of aryl methyl sites for hydroxylation is 1. The fraction of sp³-hybridized carbons (Fsp3) is 0.658. The van der Waals surface area contributed by atoms with Crippen LogP contribution in [0.15, 0.2) is 30.9 Å². The number of hydrogen-bond acceptors (Lipinski definition) is 10. The lowest BCUT2D eigenvalue weighted by atomic mass is 9.77. The molecule has 0 spiro atoms. The Bertz CT molecular complexity index is 1670. The van der Waals surface area contributed by atoms with Gasteiger partial charge in [0.25, 0.3) is 0 Å². The van der Waals surface area contributed by atoms with Crippen molar-refractivity contribution in [3.8, 4) is 5.75 Å². The van der Waals surface area contributed by atoms with E-state index in [2.05, 4.69) is 16.6 Å². The topological polar surface area (TPSA) is 174 Å². The molecule has 2 aliphatic heterocycles. The molecular weight excluding hydrogens is 690 g/mol. The third-order valence-electron chi connectivity index (χ3n) is 10.8. The quantitative estimate of drug-likeness (QED) is 0.270. The molecule has 13 nitrogen and oxygen atoms in total. The number of anilines is 1. The van der Waals surface area contributed by atoms with Gasteiger partial charge in [0.05, 0.1) is 49.3 Å². The van der Waals surface area contributed by atoms with Gasteiger partial charge in [-0.25, -0.2) is 13.2 Å². The molecule has 4 bridgehead atoms. The van der Waals surface area contributed by atoms with E-state index in [-0.39, 0.29) is 38.8 Å². The van der Waals surface area contributed by atoms with E-state index in [9.17, 15) is 32.4 Å². The summed E-state index contributed by atoms with van der Waals surface area (Å²) in [5.74, 6) is -2.79. The van der Waals surface area contributed by atoms with E-state index in [0.717, 1.165) is 37.7 Å². The van der Waals surface area contributed by atoms with Gasteiger partial charge in [-0.3, -0.25) is 29.2 Å². The van der Waals surface area contributed by atoms with E-state index in [1.807, 2.05) is 26.8 Å². The lowest BCUT2D eigenvalue weighted by Gasteiger charge is -2.34. The van der Waals surface area contributed by atoms with Crippen LogP contribution < -0.4 is 14.8 Å². The summed E-state index contributed by atoms with van der Waals surface area (Å²) in [7, 11) is -2.28. The van der Waals surface area contributed by atoms with E-state index in [1.165, 1.54) is 4.90 Å². The van der Waals surface area contributed by atoms with Gasteiger partial charge in [-0.05, 0) is 73.6 Å². The second-order valence-electron chi connectivity index (χ2n) is 15.8. The van der Waals surface area contributed by atoms with Crippen LogP contribution in [0.3, 0.4) is 0 Å². The second kappa shape index (κ2) is 16.0. The summed E-state index contributed by atoms with van der Waals surface area (Å²) in [4.78, 5) is 69.8. The number of fused-ring (bicyclic) bond motifs is 4. The van der Waals surface area contributed by atoms with E-state index in [1.54, 1.807) is 25.3 Å². The van der Waals surface area contributed by atoms with Crippen molar-refractivity contribution in [2.24, 2.45) is 22.7 Å². The first-order valence-electron chi connectivity index (χ1n) is 18.4. The average Bonchev–Trinajstić information content (AvgIpc) is 4.00. The van der Waals surface area contributed by atoms with Crippen molar-refractivity contribution >= 4 is 45.4 Å². The molecule has 2 aliphatic carbocycles. The zero-order chi connectivity index (χ0) is 37.8. The summed E-state index contributed by atoms with van der Waals surface area (Å²) < 4.78 is 44.4. The highest BCUT2D eigenvalue weighted by molar-refractivity contribution is 7.90. The molecule has 3 amide bonds. The van der Waals surface area contributed by atoms with Gasteiger partial charge in [0.2, 0.25) is 21.8 Å². The fourth-order valence-corrected chi connectivity index (χ4v) is 8.80. The van der Waals surface area contributed by atoms with Gasteiger partial charge in [0.1, 0.15) is 11.9 Å². The number of hydrogen-bond donors (Lipinski definition) is 2. The molecular formula is C38H53N3O10S. The summed E-state index contributed by atoms with van der Waals surface area (Å²) in [6.45, 7) is 9.41. The standard InChI is InChI=1S/C38H53N3O10S/c1-6-25-21-38(25,35(45)40-52(47,48)28-14-15-28)22-31(42)30-19-27-23-41(30)34(44)29(37(2,3)4)20-33(43)50-17-11-9-7-8-10-12-24-18-26(39-36(46)51-27)13-16-32(24)49-5/h6,13,16,18,25,27-30H,1,7-12,14-15,17,19-23H2,2-5H3,(H,39,46)(H,40,45)/t25-,27-,29-,30+,38-/m1/s1. The number of ether oxygens (including phenoxy) is 3. The Labute approximate surface area is 306 Å². The van der Waals surface area contributed by atoms with Crippen LogP contribution in [0.25, 0.3) is 0 Å². The second-order valence-corrected chi connectivity index (χ2v) is 17.8.